The molecule has 3 rings (SSSR count). The topological polar surface area (TPSA) is 56.3 Å². The molecule has 0 unspecified atom stereocenters. The number of aromatic nitrogens is 1. The van der Waals surface area contributed by atoms with E-state index in [2.05, 4.69) is 18.8 Å². The third kappa shape index (κ3) is 4.54. The largest absolute Gasteiger partial charge is 0.453 e. The minimum Gasteiger partial charge on any atom is -0.453 e. The average molecular weight is 394 g/mol. The highest BCUT2D eigenvalue weighted by Crippen LogP contribution is 2.28. The van der Waals surface area contributed by atoms with Gasteiger partial charge in [0.2, 0.25) is 0 Å². The first-order valence-electron chi connectivity index (χ1n) is 9.32. The number of hydrogen-bond donors (Lipinski definition) is 0. The standard InChI is InChI=1S/C23H23NO3S/c1-4-15(2)17-10-12-18(13-11-17)20(25)14-27-23(26)21-16(3)24-22(28-21)19-8-6-5-7-9-19/h5-13,15H,4,14H2,1-3H3/t15-/m0/s1. The van der Waals surface area contributed by atoms with E-state index in [9.17, 15) is 9.59 Å². The first-order chi connectivity index (χ1) is 13.5. The van der Waals surface area contributed by atoms with E-state index in [1.807, 2.05) is 42.5 Å². The molecule has 0 aliphatic rings. The van der Waals surface area contributed by atoms with Crippen molar-refractivity contribution < 1.29 is 14.3 Å². The van der Waals surface area contributed by atoms with Gasteiger partial charge in [0.15, 0.2) is 12.4 Å². The van der Waals surface area contributed by atoms with Crippen molar-refractivity contribution in [2.24, 2.45) is 0 Å². The maximum Gasteiger partial charge on any atom is 0.350 e. The van der Waals surface area contributed by atoms with E-state index in [0.29, 0.717) is 22.1 Å². The second-order valence-electron chi connectivity index (χ2n) is 6.73. The molecule has 0 aliphatic carbocycles. The van der Waals surface area contributed by atoms with Crippen molar-refractivity contribution in [3.05, 3.63) is 76.3 Å². The van der Waals surface area contributed by atoms with Crippen molar-refractivity contribution in [1.82, 2.24) is 4.98 Å². The van der Waals surface area contributed by atoms with E-state index in [4.69, 9.17) is 4.74 Å². The molecular formula is C23H23NO3S. The van der Waals surface area contributed by atoms with Crippen LogP contribution >= 0.6 is 11.3 Å². The van der Waals surface area contributed by atoms with Gasteiger partial charge in [-0.25, -0.2) is 9.78 Å². The predicted molar refractivity (Wildman–Crippen MR) is 112 cm³/mol. The Bertz CT molecular complexity index is 961. The molecule has 0 spiro atoms. The van der Waals surface area contributed by atoms with Crippen molar-refractivity contribution in [2.45, 2.75) is 33.1 Å². The number of carbonyl (C=O) groups is 2. The highest BCUT2D eigenvalue weighted by atomic mass is 32.1. The summed E-state index contributed by atoms with van der Waals surface area (Å²) in [6.45, 7) is 5.78. The van der Waals surface area contributed by atoms with Crippen molar-refractivity contribution in [2.75, 3.05) is 6.61 Å². The number of thiazole rings is 1. The van der Waals surface area contributed by atoms with Gasteiger partial charge in [-0.2, -0.15) is 0 Å². The van der Waals surface area contributed by atoms with Crippen molar-refractivity contribution >= 4 is 23.1 Å². The van der Waals surface area contributed by atoms with Crippen LogP contribution in [0.15, 0.2) is 54.6 Å². The molecule has 0 N–H and O–H groups in total. The van der Waals surface area contributed by atoms with Crippen LogP contribution in [0.25, 0.3) is 10.6 Å². The van der Waals surface area contributed by atoms with Gasteiger partial charge in [0.05, 0.1) is 5.69 Å². The molecule has 0 radical (unpaired) electrons. The summed E-state index contributed by atoms with van der Waals surface area (Å²) in [6, 6.07) is 17.2. The van der Waals surface area contributed by atoms with Gasteiger partial charge in [0.1, 0.15) is 9.88 Å². The fourth-order valence-electron chi connectivity index (χ4n) is 2.80. The van der Waals surface area contributed by atoms with Gasteiger partial charge in [-0.1, -0.05) is 68.4 Å². The summed E-state index contributed by atoms with van der Waals surface area (Å²) in [5.74, 6) is -0.272. The van der Waals surface area contributed by atoms with Gasteiger partial charge in [-0.15, -0.1) is 11.3 Å². The molecule has 0 bridgehead atoms. The summed E-state index contributed by atoms with van der Waals surface area (Å²) >= 11 is 1.28. The lowest BCUT2D eigenvalue weighted by Crippen LogP contribution is -2.14. The molecule has 0 aliphatic heterocycles. The number of esters is 1. The highest BCUT2D eigenvalue weighted by Gasteiger charge is 2.19. The maximum atomic E-state index is 12.4. The molecule has 0 saturated carbocycles. The van der Waals surface area contributed by atoms with Gasteiger partial charge in [0.25, 0.3) is 0 Å². The van der Waals surface area contributed by atoms with Gasteiger partial charge in [-0.05, 0) is 24.8 Å². The van der Waals surface area contributed by atoms with Crippen LogP contribution in [0.3, 0.4) is 0 Å². The van der Waals surface area contributed by atoms with Crippen molar-refractivity contribution in [3.8, 4) is 10.6 Å². The van der Waals surface area contributed by atoms with E-state index in [-0.39, 0.29) is 12.4 Å². The minimum absolute atomic E-state index is 0.213. The molecule has 1 aromatic heterocycles. The number of benzene rings is 2. The van der Waals surface area contributed by atoms with E-state index < -0.39 is 5.97 Å². The van der Waals surface area contributed by atoms with Crippen LogP contribution in [-0.2, 0) is 4.74 Å². The van der Waals surface area contributed by atoms with Gasteiger partial charge in [-0.3, -0.25) is 4.79 Å². The Kier molecular flexibility index (Phi) is 6.37. The first-order valence-corrected chi connectivity index (χ1v) is 10.1. The summed E-state index contributed by atoms with van der Waals surface area (Å²) < 4.78 is 5.26. The number of aryl methyl sites for hydroxylation is 1. The van der Waals surface area contributed by atoms with Crippen LogP contribution < -0.4 is 0 Å². The fourth-order valence-corrected chi connectivity index (χ4v) is 3.77. The SMILES string of the molecule is CC[C@H](C)c1ccc(C(=O)COC(=O)c2sc(-c3ccccc3)nc2C)cc1. The number of rotatable bonds is 7. The molecule has 28 heavy (non-hydrogen) atoms. The zero-order valence-electron chi connectivity index (χ0n) is 16.3. The Hall–Kier alpha value is -2.79. The summed E-state index contributed by atoms with van der Waals surface area (Å²) in [7, 11) is 0. The number of nitrogens with zero attached hydrogens (tertiary/aromatic N) is 1. The number of hydrogen-bond acceptors (Lipinski definition) is 5. The highest BCUT2D eigenvalue weighted by molar-refractivity contribution is 7.17. The molecule has 0 amide bonds. The van der Waals surface area contributed by atoms with Crippen LogP contribution in [0.4, 0.5) is 0 Å². The molecule has 1 heterocycles. The zero-order chi connectivity index (χ0) is 20.1. The van der Waals surface area contributed by atoms with E-state index in [1.54, 1.807) is 19.1 Å². The predicted octanol–water partition coefficient (Wildman–Crippen LogP) is 5.67. The monoisotopic (exact) mass is 393 g/mol. The van der Waals surface area contributed by atoms with Crippen LogP contribution in [0, 0.1) is 6.92 Å². The third-order valence-electron chi connectivity index (χ3n) is 4.75. The van der Waals surface area contributed by atoms with Gasteiger partial charge >= 0.3 is 5.97 Å². The number of carbonyl (C=O) groups excluding carboxylic acids is 2. The Labute approximate surface area is 169 Å². The smallest absolute Gasteiger partial charge is 0.350 e. The number of Topliss-reactive ketones (excluding diaryl/α,β-unsaturated/α-hetero) is 1. The summed E-state index contributed by atoms with van der Waals surface area (Å²) in [5, 5.41) is 0.761. The summed E-state index contributed by atoms with van der Waals surface area (Å²) in [6.07, 6.45) is 1.05. The molecule has 0 saturated heterocycles. The molecule has 1 atom stereocenters. The Balaban J connectivity index is 1.64. The lowest BCUT2D eigenvalue weighted by atomic mass is 9.97. The first kappa shape index (κ1) is 20.0. The maximum absolute atomic E-state index is 12.4. The van der Waals surface area contributed by atoms with E-state index >= 15 is 0 Å². The van der Waals surface area contributed by atoms with E-state index in [1.165, 1.54) is 16.9 Å². The van der Waals surface area contributed by atoms with Crippen LogP contribution in [-0.4, -0.2) is 23.3 Å². The summed E-state index contributed by atoms with van der Waals surface area (Å²) in [5.41, 5.74) is 3.31. The third-order valence-corrected chi connectivity index (χ3v) is 5.94. The van der Waals surface area contributed by atoms with Crippen LogP contribution in [0.1, 0.15) is 57.5 Å². The average Bonchev–Trinajstić information content (AvgIpc) is 3.13. The van der Waals surface area contributed by atoms with Gasteiger partial charge in [0, 0.05) is 11.1 Å². The zero-order valence-corrected chi connectivity index (χ0v) is 17.1. The molecule has 4 nitrogen and oxygen atoms in total. The van der Waals surface area contributed by atoms with Crippen molar-refractivity contribution in [3.63, 3.8) is 0 Å². The number of ketones is 1. The number of ether oxygens (including phenoxy) is 1. The second-order valence-corrected chi connectivity index (χ2v) is 7.73. The summed E-state index contributed by atoms with van der Waals surface area (Å²) in [4.78, 5) is 29.7. The molecule has 0 fully saturated rings. The van der Waals surface area contributed by atoms with Crippen molar-refractivity contribution in [1.29, 1.82) is 0 Å². The van der Waals surface area contributed by atoms with Gasteiger partial charge < -0.3 is 4.74 Å². The minimum atomic E-state index is -0.512. The molecule has 144 valence electrons. The molecule has 5 heteroatoms. The normalized spacial score (nSPS) is 11.8. The van der Waals surface area contributed by atoms with E-state index in [0.717, 1.165) is 17.0 Å². The molecule has 3 aromatic rings. The second kappa shape index (κ2) is 8.93. The fraction of sp³-hybridized carbons (Fsp3) is 0.261. The van der Waals surface area contributed by atoms with Crippen LogP contribution in [0.5, 0.6) is 0 Å². The molecular weight excluding hydrogens is 370 g/mol. The lowest BCUT2D eigenvalue weighted by Gasteiger charge is -2.09. The molecule has 2 aromatic carbocycles. The lowest BCUT2D eigenvalue weighted by molar-refractivity contribution is 0.0478. The Morgan fingerprint density at radius 1 is 1.07 bits per heavy atom. The van der Waals surface area contributed by atoms with Crippen LogP contribution in [0.2, 0.25) is 0 Å². The quantitative estimate of drug-likeness (QED) is 0.383. The Morgan fingerprint density at radius 3 is 2.39 bits per heavy atom. The Morgan fingerprint density at radius 2 is 1.75 bits per heavy atom.